The third-order valence-corrected chi connectivity index (χ3v) is 4.60. The van der Waals surface area contributed by atoms with Crippen molar-refractivity contribution in [1.29, 1.82) is 0 Å². The van der Waals surface area contributed by atoms with E-state index in [1.54, 1.807) is 18.2 Å². The first-order valence-corrected chi connectivity index (χ1v) is 7.73. The van der Waals surface area contributed by atoms with Gasteiger partial charge in [-0.1, -0.05) is 23.7 Å². The van der Waals surface area contributed by atoms with Crippen LogP contribution in [0.25, 0.3) is 0 Å². The topological polar surface area (TPSA) is 29.3 Å². The zero-order valence-electron chi connectivity index (χ0n) is 10.2. The number of rotatable bonds is 3. The number of thioether (sulfide) groups is 1. The van der Waals surface area contributed by atoms with Gasteiger partial charge in [-0.15, -0.1) is 0 Å². The summed E-state index contributed by atoms with van der Waals surface area (Å²) in [6.45, 7) is 2.35. The molecule has 0 bridgehead atoms. The van der Waals surface area contributed by atoms with Crippen molar-refractivity contribution < 1.29 is 4.39 Å². The van der Waals surface area contributed by atoms with Crippen LogP contribution >= 0.6 is 23.4 Å². The monoisotopic (exact) mass is 288 g/mol. The first-order valence-electron chi connectivity index (χ1n) is 6.20. The SMILES string of the molecule is NCC(c1cccc(Cl)c1F)N1CCCSCC1. The average Bonchev–Trinajstić information content (AvgIpc) is 2.64. The van der Waals surface area contributed by atoms with Gasteiger partial charge in [0.2, 0.25) is 0 Å². The van der Waals surface area contributed by atoms with Crippen molar-refractivity contribution in [2.75, 3.05) is 31.1 Å². The fraction of sp³-hybridized carbons (Fsp3) is 0.538. The molecule has 1 atom stereocenters. The summed E-state index contributed by atoms with van der Waals surface area (Å²) < 4.78 is 14.1. The minimum absolute atomic E-state index is 0.0672. The Labute approximate surface area is 117 Å². The maximum absolute atomic E-state index is 14.1. The van der Waals surface area contributed by atoms with Gasteiger partial charge in [0.25, 0.3) is 0 Å². The quantitative estimate of drug-likeness (QED) is 0.927. The summed E-state index contributed by atoms with van der Waals surface area (Å²) in [5, 5.41) is 0.176. The molecule has 0 aliphatic carbocycles. The molecule has 0 amide bonds. The predicted octanol–water partition coefficient (Wildman–Crippen LogP) is 2.92. The molecule has 2 N–H and O–H groups in total. The Bertz CT molecular complexity index is 395. The van der Waals surface area contributed by atoms with Crippen LogP contribution in [-0.2, 0) is 0 Å². The van der Waals surface area contributed by atoms with E-state index in [1.165, 1.54) is 5.75 Å². The lowest BCUT2D eigenvalue weighted by molar-refractivity contribution is 0.214. The van der Waals surface area contributed by atoms with Gasteiger partial charge in [-0.05, 0) is 24.8 Å². The first kappa shape index (κ1) is 14.1. The van der Waals surface area contributed by atoms with E-state index in [4.69, 9.17) is 17.3 Å². The molecule has 1 fully saturated rings. The number of benzene rings is 1. The molecule has 0 saturated carbocycles. The Kier molecular flexibility index (Phi) is 5.30. The molecule has 1 saturated heterocycles. The molecule has 2 rings (SSSR count). The predicted molar refractivity (Wildman–Crippen MR) is 76.7 cm³/mol. The van der Waals surface area contributed by atoms with Crippen molar-refractivity contribution in [2.24, 2.45) is 5.73 Å². The summed E-state index contributed by atoms with van der Waals surface area (Å²) in [5.74, 6) is 1.93. The molecule has 0 spiro atoms. The van der Waals surface area contributed by atoms with Crippen LogP contribution in [0, 0.1) is 5.82 Å². The zero-order chi connectivity index (χ0) is 13.0. The molecule has 18 heavy (non-hydrogen) atoms. The van der Waals surface area contributed by atoms with E-state index in [0.717, 1.165) is 25.3 Å². The van der Waals surface area contributed by atoms with Crippen LogP contribution in [0.1, 0.15) is 18.0 Å². The summed E-state index contributed by atoms with van der Waals surface area (Å²) in [5.41, 5.74) is 6.47. The first-order chi connectivity index (χ1) is 8.74. The van der Waals surface area contributed by atoms with Gasteiger partial charge in [-0.25, -0.2) is 4.39 Å². The minimum Gasteiger partial charge on any atom is -0.329 e. The highest BCUT2D eigenvalue weighted by atomic mass is 35.5. The van der Waals surface area contributed by atoms with Crippen molar-refractivity contribution in [2.45, 2.75) is 12.5 Å². The molecule has 0 radical (unpaired) electrons. The Morgan fingerprint density at radius 1 is 1.39 bits per heavy atom. The summed E-state index contributed by atoms with van der Waals surface area (Å²) in [6.07, 6.45) is 1.13. The van der Waals surface area contributed by atoms with E-state index in [0.29, 0.717) is 12.1 Å². The lowest BCUT2D eigenvalue weighted by Crippen LogP contribution is -2.36. The highest BCUT2D eigenvalue weighted by Crippen LogP contribution is 2.28. The molecule has 1 unspecified atom stereocenters. The maximum Gasteiger partial charge on any atom is 0.146 e. The standard InChI is InChI=1S/C13H18ClFN2S/c14-11-4-1-3-10(13(11)15)12(9-16)17-5-2-7-18-8-6-17/h1,3-4,12H,2,5-9,16H2. The second kappa shape index (κ2) is 6.75. The van der Waals surface area contributed by atoms with Gasteiger partial charge in [0.05, 0.1) is 5.02 Å². The molecular weight excluding hydrogens is 271 g/mol. The molecule has 1 aromatic carbocycles. The molecule has 1 heterocycles. The van der Waals surface area contributed by atoms with E-state index < -0.39 is 0 Å². The van der Waals surface area contributed by atoms with E-state index in [-0.39, 0.29) is 16.9 Å². The minimum atomic E-state index is -0.327. The van der Waals surface area contributed by atoms with Crippen molar-refractivity contribution in [3.8, 4) is 0 Å². The molecule has 1 aliphatic heterocycles. The van der Waals surface area contributed by atoms with Crippen molar-refractivity contribution in [3.05, 3.63) is 34.6 Å². The van der Waals surface area contributed by atoms with E-state index in [1.807, 2.05) is 11.8 Å². The van der Waals surface area contributed by atoms with Gasteiger partial charge in [-0.2, -0.15) is 11.8 Å². The highest BCUT2D eigenvalue weighted by molar-refractivity contribution is 7.99. The van der Waals surface area contributed by atoms with Crippen LogP contribution < -0.4 is 5.73 Å². The van der Waals surface area contributed by atoms with Gasteiger partial charge in [0, 0.05) is 30.4 Å². The van der Waals surface area contributed by atoms with Crippen LogP contribution in [0.15, 0.2) is 18.2 Å². The molecule has 1 aliphatic rings. The number of hydrogen-bond acceptors (Lipinski definition) is 3. The summed E-state index contributed by atoms with van der Waals surface area (Å²) >= 11 is 7.80. The fourth-order valence-corrected chi connectivity index (χ4v) is 3.41. The molecule has 2 nitrogen and oxygen atoms in total. The summed E-state index contributed by atoms with van der Waals surface area (Å²) in [7, 11) is 0. The van der Waals surface area contributed by atoms with Gasteiger partial charge in [-0.3, -0.25) is 4.90 Å². The molecule has 1 aromatic rings. The normalized spacial score (nSPS) is 19.5. The molecule has 0 aromatic heterocycles. The Morgan fingerprint density at radius 2 is 2.22 bits per heavy atom. The smallest absolute Gasteiger partial charge is 0.146 e. The van der Waals surface area contributed by atoms with Gasteiger partial charge < -0.3 is 5.73 Å². The zero-order valence-corrected chi connectivity index (χ0v) is 11.8. The van der Waals surface area contributed by atoms with Crippen LogP contribution in [0.2, 0.25) is 5.02 Å². The third kappa shape index (κ3) is 3.18. The summed E-state index contributed by atoms with van der Waals surface area (Å²) in [6, 6.07) is 5.08. The van der Waals surface area contributed by atoms with Crippen molar-refractivity contribution >= 4 is 23.4 Å². The number of nitrogens with two attached hydrogens (primary N) is 1. The highest BCUT2D eigenvalue weighted by Gasteiger charge is 2.23. The lowest BCUT2D eigenvalue weighted by Gasteiger charge is -2.30. The van der Waals surface area contributed by atoms with Gasteiger partial charge >= 0.3 is 0 Å². The number of hydrogen-bond donors (Lipinski definition) is 1. The average molecular weight is 289 g/mol. The van der Waals surface area contributed by atoms with Crippen LogP contribution in [0.4, 0.5) is 4.39 Å². The Hall–Kier alpha value is -0.290. The van der Waals surface area contributed by atoms with Crippen LogP contribution in [-0.4, -0.2) is 36.0 Å². The maximum atomic E-state index is 14.1. The molecular formula is C13H18ClFN2S. The van der Waals surface area contributed by atoms with E-state index >= 15 is 0 Å². The van der Waals surface area contributed by atoms with E-state index in [2.05, 4.69) is 4.90 Å². The van der Waals surface area contributed by atoms with Gasteiger partial charge in [0.1, 0.15) is 5.82 Å². The largest absolute Gasteiger partial charge is 0.329 e. The lowest BCUT2D eigenvalue weighted by atomic mass is 10.0. The van der Waals surface area contributed by atoms with Crippen LogP contribution in [0.5, 0.6) is 0 Å². The second-order valence-corrected chi connectivity index (χ2v) is 6.03. The number of nitrogens with zero attached hydrogens (tertiary/aromatic N) is 1. The van der Waals surface area contributed by atoms with E-state index in [9.17, 15) is 4.39 Å². The Morgan fingerprint density at radius 3 is 3.00 bits per heavy atom. The molecule has 100 valence electrons. The Balaban J connectivity index is 2.23. The summed E-state index contributed by atoms with van der Waals surface area (Å²) in [4.78, 5) is 2.27. The van der Waals surface area contributed by atoms with Crippen molar-refractivity contribution in [1.82, 2.24) is 4.90 Å². The van der Waals surface area contributed by atoms with Crippen LogP contribution in [0.3, 0.4) is 0 Å². The third-order valence-electron chi connectivity index (χ3n) is 3.26. The number of halogens is 2. The molecule has 5 heteroatoms. The van der Waals surface area contributed by atoms with Gasteiger partial charge in [0.15, 0.2) is 0 Å². The fourth-order valence-electron chi connectivity index (χ4n) is 2.33. The second-order valence-electron chi connectivity index (χ2n) is 4.40. The van der Waals surface area contributed by atoms with Crippen molar-refractivity contribution in [3.63, 3.8) is 0 Å².